The first-order valence-corrected chi connectivity index (χ1v) is 6.84. The Labute approximate surface area is 113 Å². The molecule has 1 aliphatic carbocycles. The molecular formula is C13H20ClN3O. The van der Waals surface area contributed by atoms with Gasteiger partial charge in [-0.1, -0.05) is 30.9 Å². The third-order valence-corrected chi connectivity index (χ3v) is 4.06. The molecule has 0 atom stereocenters. The number of aliphatic hydroxyl groups excluding tert-OH is 1. The summed E-state index contributed by atoms with van der Waals surface area (Å²) in [6.07, 6.45) is 5.48. The van der Waals surface area contributed by atoms with Crippen molar-refractivity contribution in [3.05, 3.63) is 16.5 Å². The molecule has 5 heteroatoms. The summed E-state index contributed by atoms with van der Waals surface area (Å²) in [5, 5.41) is 13.6. The number of hydrogen-bond donors (Lipinski definition) is 2. The second kappa shape index (κ2) is 5.41. The van der Waals surface area contributed by atoms with E-state index in [0.717, 1.165) is 37.1 Å². The molecule has 1 saturated carbocycles. The van der Waals surface area contributed by atoms with Gasteiger partial charge in [0.15, 0.2) is 0 Å². The van der Waals surface area contributed by atoms with E-state index in [2.05, 4.69) is 15.3 Å². The van der Waals surface area contributed by atoms with Gasteiger partial charge >= 0.3 is 0 Å². The lowest BCUT2D eigenvalue weighted by molar-refractivity contribution is 0.172. The molecule has 0 spiro atoms. The standard InChI is InChI=1S/C13H20ClN3O/c1-9-11(14)15-10(2)16-12(9)17-13(8-18)6-4-3-5-7-13/h18H,3-8H2,1-2H3,(H,15,16,17). The van der Waals surface area contributed by atoms with E-state index < -0.39 is 0 Å². The average molecular weight is 270 g/mol. The van der Waals surface area contributed by atoms with Gasteiger partial charge in [0.25, 0.3) is 0 Å². The first-order valence-electron chi connectivity index (χ1n) is 6.46. The summed E-state index contributed by atoms with van der Waals surface area (Å²) in [7, 11) is 0. The lowest BCUT2D eigenvalue weighted by Gasteiger charge is -2.37. The highest BCUT2D eigenvalue weighted by atomic mass is 35.5. The summed E-state index contributed by atoms with van der Waals surface area (Å²) in [5.74, 6) is 1.40. The Morgan fingerprint density at radius 2 is 1.89 bits per heavy atom. The van der Waals surface area contributed by atoms with E-state index in [9.17, 15) is 5.11 Å². The second-order valence-corrected chi connectivity index (χ2v) is 5.52. The highest BCUT2D eigenvalue weighted by Crippen LogP contribution is 2.32. The lowest BCUT2D eigenvalue weighted by Crippen LogP contribution is -2.44. The Morgan fingerprint density at radius 3 is 2.50 bits per heavy atom. The minimum Gasteiger partial charge on any atom is -0.394 e. The maximum absolute atomic E-state index is 9.69. The van der Waals surface area contributed by atoms with E-state index in [1.54, 1.807) is 0 Å². The van der Waals surface area contributed by atoms with Gasteiger partial charge in [0.1, 0.15) is 16.8 Å². The van der Waals surface area contributed by atoms with Crippen molar-refractivity contribution in [2.24, 2.45) is 0 Å². The Morgan fingerprint density at radius 1 is 1.22 bits per heavy atom. The molecule has 0 unspecified atom stereocenters. The van der Waals surface area contributed by atoms with E-state index >= 15 is 0 Å². The van der Waals surface area contributed by atoms with Crippen LogP contribution in [0.4, 0.5) is 5.82 Å². The number of aryl methyl sites for hydroxylation is 1. The van der Waals surface area contributed by atoms with Crippen molar-refractivity contribution in [2.45, 2.75) is 51.5 Å². The first kappa shape index (κ1) is 13.6. The molecule has 0 aliphatic heterocycles. The number of halogens is 1. The molecule has 18 heavy (non-hydrogen) atoms. The predicted octanol–water partition coefficient (Wildman–Crippen LogP) is 2.85. The smallest absolute Gasteiger partial charge is 0.137 e. The Bertz CT molecular complexity index is 430. The SMILES string of the molecule is Cc1nc(Cl)c(C)c(NC2(CO)CCCCC2)n1. The van der Waals surface area contributed by atoms with Crippen LogP contribution < -0.4 is 5.32 Å². The summed E-state index contributed by atoms with van der Waals surface area (Å²) in [4.78, 5) is 8.53. The molecule has 4 nitrogen and oxygen atoms in total. The zero-order valence-corrected chi connectivity index (χ0v) is 11.7. The van der Waals surface area contributed by atoms with Crippen LogP contribution in [0.15, 0.2) is 0 Å². The number of aliphatic hydroxyl groups is 1. The van der Waals surface area contributed by atoms with E-state index in [4.69, 9.17) is 11.6 Å². The van der Waals surface area contributed by atoms with Crippen molar-refractivity contribution in [1.82, 2.24) is 9.97 Å². The predicted molar refractivity (Wildman–Crippen MR) is 73.0 cm³/mol. The van der Waals surface area contributed by atoms with E-state index in [1.165, 1.54) is 6.42 Å². The largest absolute Gasteiger partial charge is 0.394 e. The van der Waals surface area contributed by atoms with Gasteiger partial charge in [-0.05, 0) is 26.7 Å². The molecule has 1 fully saturated rings. The van der Waals surface area contributed by atoms with Crippen molar-refractivity contribution in [1.29, 1.82) is 0 Å². The molecule has 0 radical (unpaired) electrons. The monoisotopic (exact) mass is 269 g/mol. The maximum Gasteiger partial charge on any atom is 0.137 e. The molecule has 1 aromatic rings. The Balaban J connectivity index is 2.26. The van der Waals surface area contributed by atoms with Crippen molar-refractivity contribution in [2.75, 3.05) is 11.9 Å². The molecule has 0 bridgehead atoms. The minimum atomic E-state index is -0.243. The third-order valence-electron chi connectivity index (χ3n) is 3.70. The quantitative estimate of drug-likeness (QED) is 0.829. The fourth-order valence-corrected chi connectivity index (χ4v) is 2.73. The average Bonchev–Trinajstić information content (AvgIpc) is 2.36. The van der Waals surface area contributed by atoms with Gasteiger partial charge in [-0.3, -0.25) is 0 Å². The molecule has 0 aromatic carbocycles. The van der Waals surface area contributed by atoms with Crippen molar-refractivity contribution in [3.8, 4) is 0 Å². The van der Waals surface area contributed by atoms with Gasteiger partial charge in [0, 0.05) is 5.56 Å². The van der Waals surface area contributed by atoms with Gasteiger partial charge in [0.2, 0.25) is 0 Å². The zero-order chi connectivity index (χ0) is 13.2. The van der Waals surface area contributed by atoms with Gasteiger partial charge in [-0.15, -0.1) is 0 Å². The summed E-state index contributed by atoms with van der Waals surface area (Å²) in [6.45, 7) is 3.86. The lowest BCUT2D eigenvalue weighted by atomic mass is 9.82. The van der Waals surface area contributed by atoms with E-state index in [0.29, 0.717) is 11.0 Å². The molecule has 2 N–H and O–H groups in total. The molecular weight excluding hydrogens is 250 g/mol. The van der Waals surface area contributed by atoms with Crippen LogP contribution in [0.1, 0.15) is 43.5 Å². The van der Waals surface area contributed by atoms with Crippen molar-refractivity contribution >= 4 is 17.4 Å². The van der Waals surface area contributed by atoms with Gasteiger partial charge < -0.3 is 10.4 Å². The Kier molecular flexibility index (Phi) is 4.07. The van der Waals surface area contributed by atoms with Crippen LogP contribution in [0.25, 0.3) is 0 Å². The molecule has 100 valence electrons. The highest BCUT2D eigenvalue weighted by molar-refractivity contribution is 6.30. The van der Waals surface area contributed by atoms with Gasteiger partial charge in [-0.25, -0.2) is 9.97 Å². The van der Waals surface area contributed by atoms with Crippen molar-refractivity contribution in [3.63, 3.8) is 0 Å². The van der Waals surface area contributed by atoms with Crippen LogP contribution >= 0.6 is 11.6 Å². The fraction of sp³-hybridized carbons (Fsp3) is 0.692. The number of rotatable bonds is 3. The van der Waals surface area contributed by atoms with Crippen LogP contribution in [0, 0.1) is 13.8 Å². The van der Waals surface area contributed by atoms with Crippen LogP contribution in [-0.4, -0.2) is 27.2 Å². The normalized spacial score (nSPS) is 18.7. The zero-order valence-electron chi connectivity index (χ0n) is 11.0. The molecule has 1 heterocycles. The second-order valence-electron chi connectivity index (χ2n) is 5.16. The summed E-state index contributed by atoms with van der Waals surface area (Å²) in [6, 6.07) is 0. The number of nitrogens with one attached hydrogen (secondary N) is 1. The minimum absolute atomic E-state index is 0.132. The molecule has 2 rings (SSSR count). The Hall–Kier alpha value is -0.870. The van der Waals surface area contributed by atoms with E-state index in [1.807, 2.05) is 13.8 Å². The summed E-state index contributed by atoms with van der Waals surface area (Å²) >= 11 is 6.07. The molecule has 1 aromatic heterocycles. The fourth-order valence-electron chi connectivity index (χ4n) is 2.52. The summed E-state index contributed by atoms with van der Waals surface area (Å²) in [5.41, 5.74) is 0.605. The number of aromatic nitrogens is 2. The van der Waals surface area contributed by atoms with Gasteiger partial charge in [-0.2, -0.15) is 0 Å². The molecule has 1 aliphatic rings. The third kappa shape index (κ3) is 2.75. The first-order chi connectivity index (χ1) is 8.56. The van der Waals surface area contributed by atoms with Crippen LogP contribution in [0.3, 0.4) is 0 Å². The van der Waals surface area contributed by atoms with Crippen LogP contribution in [0.2, 0.25) is 5.15 Å². The number of anilines is 1. The van der Waals surface area contributed by atoms with Crippen LogP contribution in [-0.2, 0) is 0 Å². The maximum atomic E-state index is 9.69. The topological polar surface area (TPSA) is 58.0 Å². The van der Waals surface area contributed by atoms with E-state index in [-0.39, 0.29) is 12.1 Å². The highest BCUT2D eigenvalue weighted by Gasteiger charge is 2.32. The molecule has 0 saturated heterocycles. The molecule has 0 amide bonds. The number of hydrogen-bond acceptors (Lipinski definition) is 4. The van der Waals surface area contributed by atoms with Crippen LogP contribution in [0.5, 0.6) is 0 Å². The van der Waals surface area contributed by atoms with Crippen molar-refractivity contribution < 1.29 is 5.11 Å². The van der Waals surface area contributed by atoms with Gasteiger partial charge in [0.05, 0.1) is 12.1 Å². The number of nitrogens with zero attached hydrogens (tertiary/aromatic N) is 2. The summed E-state index contributed by atoms with van der Waals surface area (Å²) < 4.78 is 0.